The molecule has 1 amide bonds. The van der Waals surface area contributed by atoms with Crippen molar-refractivity contribution in [3.63, 3.8) is 0 Å². The fraction of sp³-hybridized carbons (Fsp3) is 0.0833. The molecule has 0 radical (unpaired) electrons. The van der Waals surface area contributed by atoms with E-state index in [-0.39, 0.29) is 0 Å². The number of amides is 1. The van der Waals surface area contributed by atoms with E-state index in [9.17, 15) is 4.79 Å². The molecule has 0 unspecified atom stereocenters. The monoisotopic (exact) mass is 228 g/mol. The smallest absolute Gasteiger partial charge is 0.250 e. The Hall–Kier alpha value is -2.43. The van der Waals surface area contributed by atoms with E-state index in [0.29, 0.717) is 11.3 Å². The third-order valence-corrected chi connectivity index (χ3v) is 2.34. The molecule has 2 aromatic rings. The first-order valence-electron chi connectivity index (χ1n) is 5.09. The minimum absolute atomic E-state index is 0.372. The molecule has 0 fully saturated rings. The van der Waals surface area contributed by atoms with Crippen molar-refractivity contribution in [1.82, 2.24) is 9.97 Å². The van der Waals surface area contributed by atoms with E-state index in [2.05, 4.69) is 15.3 Å². The second kappa shape index (κ2) is 4.61. The average molecular weight is 228 g/mol. The first-order chi connectivity index (χ1) is 8.16. The van der Waals surface area contributed by atoms with Gasteiger partial charge in [0.2, 0.25) is 5.91 Å². The van der Waals surface area contributed by atoms with Gasteiger partial charge in [-0.1, -0.05) is 0 Å². The summed E-state index contributed by atoms with van der Waals surface area (Å²) >= 11 is 0. The fourth-order valence-corrected chi connectivity index (χ4v) is 1.39. The van der Waals surface area contributed by atoms with Crippen molar-refractivity contribution in [1.29, 1.82) is 0 Å². The molecule has 0 aliphatic heterocycles. The number of nitrogens with two attached hydrogens (primary N) is 1. The normalized spacial score (nSPS) is 9.94. The largest absolute Gasteiger partial charge is 0.366 e. The lowest BCUT2D eigenvalue weighted by Gasteiger charge is -2.08. The maximum atomic E-state index is 11.0. The summed E-state index contributed by atoms with van der Waals surface area (Å²) in [6.07, 6.45) is 6.49. The van der Waals surface area contributed by atoms with Gasteiger partial charge in [-0.05, 0) is 24.6 Å². The second-order valence-corrected chi connectivity index (χ2v) is 3.64. The number of aryl methyl sites for hydroxylation is 1. The van der Waals surface area contributed by atoms with E-state index < -0.39 is 5.91 Å². The van der Waals surface area contributed by atoms with E-state index in [4.69, 9.17) is 5.73 Å². The van der Waals surface area contributed by atoms with Crippen LogP contribution in [0.3, 0.4) is 0 Å². The van der Waals surface area contributed by atoms with Crippen LogP contribution in [0.5, 0.6) is 0 Å². The van der Waals surface area contributed by atoms with Crippen LogP contribution in [0.15, 0.2) is 36.9 Å². The van der Waals surface area contributed by atoms with E-state index in [1.807, 2.05) is 13.0 Å². The van der Waals surface area contributed by atoms with Crippen LogP contribution in [0.4, 0.5) is 11.4 Å². The SMILES string of the molecule is Cc1ccncc1Nc1cncc(C(N)=O)c1. The summed E-state index contributed by atoms with van der Waals surface area (Å²) in [5, 5.41) is 3.13. The van der Waals surface area contributed by atoms with Crippen molar-refractivity contribution in [2.75, 3.05) is 5.32 Å². The predicted octanol–water partition coefficient (Wildman–Crippen LogP) is 1.63. The molecule has 0 aliphatic carbocycles. The van der Waals surface area contributed by atoms with Gasteiger partial charge in [-0.15, -0.1) is 0 Å². The Morgan fingerprint density at radius 2 is 2.12 bits per heavy atom. The van der Waals surface area contributed by atoms with E-state index in [1.54, 1.807) is 24.7 Å². The highest BCUT2D eigenvalue weighted by molar-refractivity contribution is 5.93. The molecule has 86 valence electrons. The fourth-order valence-electron chi connectivity index (χ4n) is 1.39. The van der Waals surface area contributed by atoms with Crippen LogP contribution in [0.1, 0.15) is 15.9 Å². The van der Waals surface area contributed by atoms with E-state index >= 15 is 0 Å². The van der Waals surface area contributed by atoms with Gasteiger partial charge in [0.25, 0.3) is 0 Å². The lowest BCUT2D eigenvalue weighted by Crippen LogP contribution is -2.11. The van der Waals surface area contributed by atoms with Crippen LogP contribution in [-0.4, -0.2) is 15.9 Å². The Kier molecular flexibility index (Phi) is 3.00. The summed E-state index contributed by atoms with van der Waals surface area (Å²) in [6, 6.07) is 3.55. The average Bonchev–Trinajstić information content (AvgIpc) is 2.32. The Morgan fingerprint density at radius 3 is 2.82 bits per heavy atom. The lowest BCUT2D eigenvalue weighted by atomic mass is 10.2. The van der Waals surface area contributed by atoms with Gasteiger partial charge >= 0.3 is 0 Å². The number of nitrogens with one attached hydrogen (secondary N) is 1. The number of pyridine rings is 2. The molecule has 0 saturated heterocycles. The summed E-state index contributed by atoms with van der Waals surface area (Å²) in [4.78, 5) is 19.0. The quantitative estimate of drug-likeness (QED) is 0.836. The van der Waals surface area contributed by atoms with Crippen LogP contribution in [0, 0.1) is 6.92 Å². The molecule has 0 spiro atoms. The highest BCUT2D eigenvalue weighted by Gasteiger charge is 2.03. The Labute approximate surface area is 98.7 Å². The number of primary amides is 1. The molecular formula is C12H12N4O. The highest BCUT2D eigenvalue weighted by atomic mass is 16.1. The zero-order valence-electron chi connectivity index (χ0n) is 9.34. The number of hydrogen-bond donors (Lipinski definition) is 2. The van der Waals surface area contributed by atoms with Gasteiger partial charge in [-0.3, -0.25) is 14.8 Å². The molecule has 5 heteroatoms. The van der Waals surface area contributed by atoms with Gasteiger partial charge in [0.1, 0.15) is 0 Å². The van der Waals surface area contributed by atoms with E-state index in [1.165, 1.54) is 6.20 Å². The summed E-state index contributed by atoms with van der Waals surface area (Å²) in [5.41, 5.74) is 8.20. The van der Waals surface area contributed by atoms with Crippen molar-refractivity contribution >= 4 is 17.3 Å². The number of carbonyl (C=O) groups excluding carboxylic acids is 1. The molecule has 0 bridgehead atoms. The van der Waals surface area contributed by atoms with Crippen LogP contribution in [0.25, 0.3) is 0 Å². The van der Waals surface area contributed by atoms with Crippen LogP contribution >= 0.6 is 0 Å². The van der Waals surface area contributed by atoms with Gasteiger partial charge < -0.3 is 11.1 Å². The zero-order valence-corrected chi connectivity index (χ0v) is 9.34. The molecule has 2 rings (SSSR count). The first kappa shape index (κ1) is 11.1. The number of carbonyl (C=O) groups is 1. The minimum atomic E-state index is -0.496. The van der Waals surface area contributed by atoms with Gasteiger partial charge in [0.05, 0.1) is 29.3 Å². The van der Waals surface area contributed by atoms with Crippen LogP contribution < -0.4 is 11.1 Å². The van der Waals surface area contributed by atoms with E-state index in [0.717, 1.165) is 11.3 Å². The molecule has 3 N–H and O–H groups in total. The summed E-state index contributed by atoms with van der Waals surface area (Å²) in [5.74, 6) is -0.496. The third kappa shape index (κ3) is 2.57. The van der Waals surface area contributed by atoms with Crippen molar-refractivity contribution in [2.45, 2.75) is 6.92 Å². The first-order valence-corrected chi connectivity index (χ1v) is 5.09. The molecule has 2 heterocycles. The van der Waals surface area contributed by atoms with Gasteiger partial charge in [-0.25, -0.2) is 0 Å². The maximum Gasteiger partial charge on any atom is 0.250 e. The molecule has 0 atom stereocenters. The molecule has 5 nitrogen and oxygen atoms in total. The molecular weight excluding hydrogens is 216 g/mol. The predicted molar refractivity (Wildman–Crippen MR) is 65.0 cm³/mol. The van der Waals surface area contributed by atoms with Crippen molar-refractivity contribution in [3.8, 4) is 0 Å². The number of aromatic nitrogens is 2. The number of anilines is 2. The molecule has 0 saturated carbocycles. The lowest BCUT2D eigenvalue weighted by molar-refractivity contribution is 0.1000. The third-order valence-electron chi connectivity index (χ3n) is 2.34. The zero-order chi connectivity index (χ0) is 12.3. The molecule has 17 heavy (non-hydrogen) atoms. The number of nitrogens with zero attached hydrogens (tertiary/aromatic N) is 2. The van der Waals surface area contributed by atoms with Gasteiger partial charge in [0.15, 0.2) is 0 Å². The molecule has 0 aromatic carbocycles. The van der Waals surface area contributed by atoms with Crippen molar-refractivity contribution < 1.29 is 4.79 Å². The standard InChI is InChI=1S/C12H12N4O/c1-8-2-3-14-7-11(8)16-10-4-9(12(13)17)5-15-6-10/h2-7,16H,1H3,(H2,13,17). The van der Waals surface area contributed by atoms with Crippen LogP contribution in [-0.2, 0) is 0 Å². The summed E-state index contributed by atoms with van der Waals surface area (Å²) in [7, 11) is 0. The summed E-state index contributed by atoms with van der Waals surface area (Å²) < 4.78 is 0. The second-order valence-electron chi connectivity index (χ2n) is 3.64. The molecule has 2 aromatic heterocycles. The Bertz CT molecular complexity index is 554. The number of hydrogen-bond acceptors (Lipinski definition) is 4. The highest BCUT2D eigenvalue weighted by Crippen LogP contribution is 2.18. The Morgan fingerprint density at radius 1 is 1.29 bits per heavy atom. The Balaban J connectivity index is 2.28. The number of rotatable bonds is 3. The topological polar surface area (TPSA) is 80.9 Å². The minimum Gasteiger partial charge on any atom is -0.366 e. The molecule has 0 aliphatic rings. The van der Waals surface area contributed by atoms with Gasteiger partial charge in [0, 0.05) is 12.4 Å². The van der Waals surface area contributed by atoms with Crippen molar-refractivity contribution in [3.05, 3.63) is 48.0 Å². The van der Waals surface area contributed by atoms with Crippen LogP contribution in [0.2, 0.25) is 0 Å². The summed E-state index contributed by atoms with van der Waals surface area (Å²) in [6.45, 7) is 1.97. The van der Waals surface area contributed by atoms with Crippen molar-refractivity contribution in [2.24, 2.45) is 5.73 Å². The maximum absolute atomic E-state index is 11.0. The van der Waals surface area contributed by atoms with Gasteiger partial charge in [-0.2, -0.15) is 0 Å².